The largest absolute Gasteiger partial charge is 0.380 e. The lowest BCUT2D eigenvalue weighted by Crippen LogP contribution is -2.22. The Balaban J connectivity index is 2.10. The number of nitriles is 1. The van der Waals surface area contributed by atoms with Crippen LogP contribution in [0, 0.1) is 11.3 Å². The van der Waals surface area contributed by atoms with E-state index in [1.807, 2.05) is 19.1 Å². The fourth-order valence-electron chi connectivity index (χ4n) is 2.24. The minimum absolute atomic E-state index is 0.0474. The molecule has 0 unspecified atom stereocenters. The first kappa shape index (κ1) is 17.2. The number of hydrogen-bond acceptors (Lipinski definition) is 4. The van der Waals surface area contributed by atoms with Gasteiger partial charge in [-0.1, -0.05) is 12.1 Å². The van der Waals surface area contributed by atoms with Crippen LogP contribution in [0.15, 0.2) is 42.5 Å². The molecule has 2 rings (SSSR count). The number of carbonyl (C=O) groups is 2. The fraction of sp³-hybridized carbons (Fsp3) is 0.211. The van der Waals surface area contributed by atoms with E-state index in [4.69, 9.17) is 0 Å². The lowest BCUT2D eigenvalue weighted by Gasteiger charge is -2.10. The number of nitrogens with one attached hydrogen (secondary N) is 2. The average Bonchev–Trinajstić information content (AvgIpc) is 2.60. The number of nitrogens with zero attached hydrogens (tertiary/aromatic N) is 1. The van der Waals surface area contributed by atoms with Crippen molar-refractivity contribution in [3.63, 3.8) is 0 Å². The third kappa shape index (κ3) is 4.20. The fourth-order valence-corrected chi connectivity index (χ4v) is 2.24. The average molecular weight is 321 g/mol. The Labute approximate surface area is 141 Å². The van der Waals surface area contributed by atoms with E-state index in [1.54, 1.807) is 30.3 Å². The van der Waals surface area contributed by atoms with Crippen LogP contribution in [0.2, 0.25) is 0 Å². The molecular weight excluding hydrogens is 302 g/mol. The molecule has 0 bridgehead atoms. The third-order valence-electron chi connectivity index (χ3n) is 3.58. The molecule has 24 heavy (non-hydrogen) atoms. The van der Waals surface area contributed by atoms with Crippen molar-refractivity contribution in [2.75, 3.05) is 11.9 Å². The molecule has 0 heterocycles. The van der Waals surface area contributed by atoms with Crippen LogP contribution < -0.4 is 10.6 Å². The molecule has 0 saturated heterocycles. The minimum atomic E-state index is -0.0991. The van der Waals surface area contributed by atoms with Gasteiger partial charge in [0.15, 0.2) is 5.78 Å². The highest BCUT2D eigenvalue weighted by molar-refractivity contribution is 5.95. The van der Waals surface area contributed by atoms with Crippen molar-refractivity contribution in [1.82, 2.24) is 5.32 Å². The Morgan fingerprint density at radius 3 is 2.33 bits per heavy atom. The molecule has 0 aliphatic rings. The molecule has 0 spiro atoms. The van der Waals surface area contributed by atoms with Gasteiger partial charge in [-0.15, -0.1) is 0 Å². The van der Waals surface area contributed by atoms with E-state index in [0.717, 1.165) is 5.56 Å². The van der Waals surface area contributed by atoms with Crippen LogP contribution in [0.25, 0.3) is 0 Å². The summed E-state index contributed by atoms with van der Waals surface area (Å²) in [7, 11) is 0. The summed E-state index contributed by atoms with van der Waals surface area (Å²) in [6, 6.07) is 14.3. The summed E-state index contributed by atoms with van der Waals surface area (Å²) < 4.78 is 0. The zero-order chi connectivity index (χ0) is 17.5. The molecule has 5 nitrogen and oxygen atoms in total. The Morgan fingerprint density at radius 2 is 1.75 bits per heavy atom. The van der Waals surface area contributed by atoms with E-state index < -0.39 is 0 Å². The second kappa shape index (κ2) is 7.93. The maximum absolute atomic E-state index is 11.7. The van der Waals surface area contributed by atoms with Crippen LogP contribution in [0.5, 0.6) is 0 Å². The summed E-state index contributed by atoms with van der Waals surface area (Å²) in [5.41, 5.74) is 3.25. The summed E-state index contributed by atoms with van der Waals surface area (Å²) in [6.45, 7) is 4.45. The van der Waals surface area contributed by atoms with Crippen molar-refractivity contribution < 1.29 is 9.59 Å². The number of hydrogen-bond donors (Lipinski definition) is 2. The first-order valence-corrected chi connectivity index (χ1v) is 7.71. The summed E-state index contributed by atoms with van der Waals surface area (Å²) >= 11 is 0. The van der Waals surface area contributed by atoms with Crippen molar-refractivity contribution in [2.24, 2.45) is 0 Å². The first-order valence-electron chi connectivity index (χ1n) is 7.71. The van der Waals surface area contributed by atoms with Gasteiger partial charge in [-0.05, 0) is 49.7 Å². The van der Waals surface area contributed by atoms with Gasteiger partial charge in [0.25, 0.3) is 5.91 Å². The second-order valence-electron chi connectivity index (χ2n) is 5.34. The molecule has 2 N–H and O–H groups in total. The molecule has 2 aromatic rings. The molecule has 0 aromatic heterocycles. The predicted molar refractivity (Wildman–Crippen MR) is 92.9 cm³/mol. The quantitative estimate of drug-likeness (QED) is 0.801. The van der Waals surface area contributed by atoms with E-state index in [2.05, 4.69) is 16.7 Å². The Morgan fingerprint density at radius 1 is 1.08 bits per heavy atom. The monoisotopic (exact) mass is 321 g/mol. The normalized spacial score (nSPS) is 9.88. The molecule has 0 aliphatic heterocycles. The van der Waals surface area contributed by atoms with E-state index in [-0.39, 0.29) is 11.7 Å². The highest BCUT2D eigenvalue weighted by Crippen LogP contribution is 2.18. The molecule has 0 saturated carbocycles. The topological polar surface area (TPSA) is 82.0 Å². The van der Waals surface area contributed by atoms with Gasteiger partial charge >= 0.3 is 0 Å². The summed E-state index contributed by atoms with van der Waals surface area (Å²) in [4.78, 5) is 23.2. The van der Waals surface area contributed by atoms with E-state index >= 15 is 0 Å². The lowest BCUT2D eigenvalue weighted by molar-refractivity contribution is 0.0954. The van der Waals surface area contributed by atoms with Gasteiger partial charge in [0.1, 0.15) is 6.07 Å². The number of benzene rings is 2. The van der Waals surface area contributed by atoms with Gasteiger partial charge in [-0.25, -0.2) is 0 Å². The van der Waals surface area contributed by atoms with Gasteiger partial charge < -0.3 is 10.6 Å². The minimum Gasteiger partial charge on any atom is -0.380 e. The Kier molecular flexibility index (Phi) is 5.69. The SMILES string of the molecule is CCNC(=O)c1ccc(CNc2cc(C(C)=O)ccc2C#N)cc1. The van der Waals surface area contributed by atoms with E-state index in [0.29, 0.717) is 35.5 Å². The van der Waals surface area contributed by atoms with E-state index in [9.17, 15) is 14.9 Å². The number of ketones is 1. The molecule has 0 aliphatic carbocycles. The third-order valence-corrected chi connectivity index (χ3v) is 3.58. The van der Waals surface area contributed by atoms with Crippen molar-refractivity contribution in [3.05, 3.63) is 64.7 Å². The zero-order valence-corrected chi connectivity index (χ0v) is 13.7. The Hall–Kier alpha value is -3.13. The highest BCUT2D eigenvalue weighted by Gasteiger charge is 2.07. The molecular formula is C19H19N3O2. The maximum atomic E-state index is 11.7. The molecule has 0 atom stereocenters. The summed E-state index contributed by atoms with van der Waals surface area (Å²) in [5.74, 6) is -0.147. The van der Waals surface area contributed by atoms with Crippen LogP contribution in [0.4, 0.5) is 5.69 Å². The standard InChI is InChI=1S/C19H19N3O2/c1-3-21-19(24)15-6-4-14(5-7-15)12-22-18-10-16(13(2)23)8-9-17(18)11-20/h4-10,22H,3,12H2,1-2H3,(H,21,24). The summed E-state index contributed by atoms with van der Waals surface area (Å²) in [5, 5.41) is 15.1. The predicted octanol–water partition coefficient (Wildman–Crippen LogP) is 3.12. The smallest absolute Gasteiger partial charge is 0.251 e. The van der Waals surface area contributed by atoms with Crippen molar-refractivity contribution in [2.45, 2.75) is 20.4 Å². The number of amides is 1. The van der Waals surface area contributed by atoms with Gasteiger partial charge in [0.2, 0.25) is 0 Å². The van der Waals surface area contributed by atoms with Crippen LogP contribution in [-0.4, -0.2) is 18.2 Å². The first-order chi connectivity index (χ1) is 11.5. The Bertz CT molecular complexity index is 789. The van der Waals surface area contributed by atoms with Crippen LogP contribution in [0.1, 0.15) is 45.7 Å². The van der Waals surface area contributed by atoms with Crippen LogP contribution >= 0.6 is 0 Å². The van der Waals surface area contributed by atoms with Crippen molar-refractivity contribution in [3.8, 4) is 6.07 Å². The molecule has 1 amide bonds. The van der Waals surface area contributed by atoms with Gasteiger partial charge in [0.05, 0.1) is 11.3 Å². The highest BCUT2D eigenvalue weighted by atomic mass is 16.1. The second-order valence-corrected chi connectivity index (χ2v) is 5.34. The van der Waals surface area contributed by atoms with Crippen LogP contribution in [-0.2, 0) is 6.54 Å². The molecule has 122 valence electrons. The number of rotatable bonds is 6. The molecule has 2 aromatic carbocycles. The van der Waals surface area contributed by atoms with E-state index in [1.165, 1.54) is 6.92 Å². The lowest BCUT2D eigenvalue weighted by atomic mass is 10.1. The number of carbonyl (C=O) groups excluding carboxylic acids is 2. The molecule has 0 fully saturated rings. The molecule has 0 radical (unpaired) electrons. The van der Waals surface area contributed by atoms with Crippen LogP contribution in [0.3, 0.4) is 0 Å². The number of Topliss-reactive ketones (excluding diaryl/α,β-unsaturated/α-hetero) is 1. The maximum Gasteiger partial charge on any atom is 0.251 e. The van der Waals surface area contributed by atoms with Gasteiger partial charge in [0, 0.05) is 24.2 Å². The molecule has 5 heteroatoms. The zero-order valence-electron chi connectivity index (χ0n) is 13.7. The van der Waals surface area contributed by atoms with Crippen molar-refractivity contribution in [1.29, 1.82) is 5.26 Å². The van der Waals surface area contributed by atoms with Gasteiger partial charge in [-0.2, -0.15) is 5.26 Å². The number of anilines is 1. The van der Waals surface area contributed by atoms with Gasteiger partial charge in [-0.3, -0.25) is 9.59 Å². The summed E-state index contributed by atoms with van der Waals surface area (Å²) in [6.07, 6.45) is 0. The van der Waals surface area contributed by atoms with Crippen molar-refractivity contribution >= 4 is 17.4 Å².